The van der Waals surface area contributed by atoms with E-state index >= 15 is 0 Å². The fraction of sp³-hybridized carbons (Fsp3) is 0.111. The number of nitrogens with zero attached hydrogens (tertiary/aromatic N) is 6. The Morgan fingerprint density at radius 2 is 1.92 bits per heavy atom. The summed E-state index contributed by atoms with van der Waals surface area (Å²) in [6.07, 6.45) is 4.84. The number of halogens is 1. The summed E-state index contributed by atoms with van der Waals surface area (Å²) in [6.45, 7) is 1.72. The number of benzene rings is 1. The summed E-state index contributed by atoms with van der Waals surface area (Å²) in [6, 6.07) is 14.2. The first kappa shape index (κ1) is 24.9. The van der Waals surface area contributed by atoms with Crippen LogP contribution in [-0.4, -0.2) is 41.4 Å². The molecule has 194 valence electrons. The molecule has 4 aromatic heterocycles. The van der Waals surface area contributed by atoms with Crippen LogP contribution in [0, 0.1) is 12.7 Å². The number of ketones is 1. The first-order valence-electron chi connectivity index (χ1n) is 11.8. The molecule has 1 N–H and O–H groups in total. The van der Waals surface area contributed by atoms with Crippen LogP contribution >= 0.6 is 23.1 Å². The number of aliphatic hydroxyl groups excluding tert-OH is 1. The molecule has 39 heavy (non-hydrogen) atoms. The van der Waals surface area contributed by atoms with Crippen LogP contribution in [0.5, 0.6) is 0 Å². The molecule has 0 bridgehead atoms. The van der Waals surface area contributed by atoms with Gasteiger partial charge in [-0.1, -0.05) is 53.4 Å². The van der Waals surface area contributed by atoms with Gasteiger partial charge in [0.25, 0.3) is 5.78 Å². The van der Waals surface area contributed by atoms with Gasteiger partial charge in [-0.25, -0.2) is 9.37 Å². The zero-order valence-corrected chi connectivity index (χ0v) is 22.0. The quantitative estimate of drug-likeness (QED) is 0.102. The highest BCUT2D eigenvalue weighted by Gasteiger charge is 2.49. The van der Waals surface area contributed by atoms with Crippen molar-refractivity contribution in [3.63, 3.8) is 0 Å². The molecule has 5 aromatic rings. The van der Waals surface area contributed by atoms with Crippen LogP contribution in [0.3, 0.4) is 0 Å². The number of Topliss-reactive ketones (excluding diaryl/α,β-unsaturated/α-hetero) is 1. The first-order valence-corrected chi connectivity index (χ1v) is 13.6. The standard InChI is InChI=1S/C27H19FN6O3S2/c1-15-21(33-12-5-4-10-19(33)30-15)23(35)20-22(16-8-6-11-29-13-16)34(25(37)24(20)36)26-31-32-27(39-26)38-14-17-7-2-3-9-18(17)28/h2-13,22,35H,14H2,1H3. The number of thioether (sulfide) groups is 1. The van der Waals surface area contributed by atoms with E-state index in [-0.39, 0.29) is 22.3 Å². The molecule has 1 aromatic carbocycles. The summed E-state index contributed by atoms with van der Waals surface area (Å²) in [5.41, 5.74) is 2.33. The number of aliphatic hydroxyl groups is 1. The monoisotopic (exact) mass is 558 g/mol. The van der Waals surface area contributed by atoms with Gasteiger partial charge in [0.15, 0.2) is 10.1 Å². The van der Waals surface area contributed by atoms with Gasteiger partial charge < -0.3 is 5.11 Å². The van der Waals surface area contributed by atoms with Gasteiger partial charge >= 0.3 is 5.91 Å². The third-order valence-electron chi connectivity index (χ3n) is 6.28. The van der Waals surface area contributed by atoms with E-state index in [4.69, 9.17) is 0 Å². The number of amides is 1. The zero-order chi connectivity index (χ0) is 27.1. The fourth-order valence-electron chi connectivity index (χ4n) is 4.52. The topological polar surface area (TPSA) is 114 Å². The van der Waals surface area contributed by atoms with Gasteiger partial charge in [-0.05, 0) is 42.3 Å². The van der Waals surface area contributed by atoms with Crippen LogP contribution in [0.4, 0.5) is 9.52 Å². The highest BCUT2D eigenvalue weighted by molar-refractivity contribution is 8.00. The van der Waals surface area contributed by atoms with Crippen molar-refractivity contribution in [3.05, 3.63) is 107 Å². The van der Waals surface area contributed by atoms with Crippen LogP contribution in [0.25, 0.3) is 11.4 Å². The van der Waals surface area contributed by atoms with E-state index in [0.717, 1.165) is 11.3 Å². The molecule has 1 aliphatic heterocycles. The van der Waals surface area contributed by atoms with E-state index in [1.807, 2.05) is 6.07 Å². The van der Waals surface area contributed by atoms with Crippen molar-refractivity contribution in [2.45, 2.75) is 23.1 Å². The summed E-state index contributed by atoms with van der Waals surface area (Å²) in [7, 11) is 0. The summed E-state index contributed by atoms with van der Waals surface area (Å²) < 4.78 is 16.2. The Morgan fingerprint density at radius 1 is 1.10 bits per heavy atom. The predicted molar refractivity (Wildman–Crippen MR) is 145 cm³/mol. The molecule has 1 saturated heterocycles. The molecule has 0 radical (unpaired) electrons. The Labute approximate surface area is 229 Å². The Balaban J connectivity index is 1.43. The third-order valence-corrected chi connectivity index (χ3v) is 8.39. The van der Waals surface area contributed by atoms with Crippen LogP contribution in [-0.2, 0) is 15.3 Å². The molecule has 1 amide bonds. The van der Waals surface area contributed by atoms with E-state index in [1.54, 1.807) is 66.2 Å². The number of hydrogen-bond acceptors (Lipinski definition) is 9. The van der Waals surface area contributed by atoms with Gasteiger partial charge in [0.1, 0.15) is 17.2 Å². The van der Waals surface area contributed by atoms with Gasteiger partial charge in [-0.3, -0.25) is 23.9 Å². The normalized spacial score (nSPS) is 16.9. The van der Waals surface area contributed by atoms with Crippen LogP contribution in [0.15, 0.2) is 83.1 Å². The Hall–Kier alpha value is -4.42. The molecule has 5 heterocycles. The van der Waals surface area contributed by atoms with Gasteiger partial charge in [0.05, 0.1) is 17.3 Å². The molecule has 0 saturated carbocycles. The molecular formula is C27H19FN6O3S2. The predicted octanol–water partition coefficient (Wildman–Crippen LogP) is 4.95. The highest BCUT2D eigenvalue weighted by Crippen LogP contribution is 2.44. The first-order chi connectivity index (χ1) is 18.9. The minimum Gasteiger partial charge on any atom is -0.505 e. The fourth-order valence-corrected chi connectivity index (χ4v) is 6.38. The van der Waals surface area contributed by atoms with Gasteiger partial charge in [0, 0.05) is 24.3 Å². The van der Waals surface area contributed by atoms with E-state index in [0.29, 0.717) is 38.3 Å². The van der Waals surface area contributed by atoms with Crippen molar-refractivity contribution in [2.75, 3.05) is 4.90 Å². The maximum absolute atomic E-state index is 14.1. The molecule has 9 nitrogen and oxygen atoms in total. The number of aryl methyl sites for hydroxylation is 1. The van der Waals surface area contributed by atoms with Crippen LogP contribution in [0.1, 0.15) is 28.6 Å². The molecule has 0 aliphatic carbocycles. The van der Waals surface area contributed by atoms with Crippen molar-refractivity contribution >= 4 is 51.3 Å². The number of carbonyl (C=O) groups excluding carboxylic acids is 2. The summed E-state index contributed by atoms with van der Waals surface area (Å²) in [4.78, 5) is 36.8. The average Bonchev–Trinajstić information content (AvgIpc) is 3.62. The smallest absolute Gasteiger partial charge is 0.301 e. The van der Waals surface area contributed by atoms with E-state index in [9.17, 15) is 19.1 Å². The largest absolute Gasteiger partial charge is 0.505 e. The van der Waals surface area contributed by atoms with Gasteiger partial charge in [-0.15, -0.1) is 10.2 Å². The lowest BCUT2D eigenvalue weighted by atomic mass is 9.97. The van der Waals surface area contributed by atoms with Crippen LogP contribution in [0.2, 0.25) is 0 Å². The summed E-state index contributed by atoms with van der Waals surface area (Å²) in [5.74, 6) is -2.06. The Morgan fingerprint density at radius 3 is 2.72 bits per heavy atom. The Kier molecular flexibility index (Phi) is 6.41. The zero-order valence-electron chi connectivity index (χ0n) is 20.4. The Bertz CT molecular complexity index is 1770. The SMILES string of the molecule is Cc1nc2ccccn2c1C(O)=C1C(=O)C(=O)N(c2nnc(SCc3ccccc3F)s2)C1c1cccnc1. The molecule has 12 heteroatoms. The van der Waals surface area contributed by atoms with Crippen LogP contribution < -0.4 is 4.90 Å². The molecule has 1 atom stereocenters. The van der Waals surface area contributed by atoms with E-state index in [2.05, 4.69) is 20.2 Å². The summed E-state index contributed by atoms with van der Waals surface area (Å²) in [5, 5.41) is 20.1. The number of pyridine rings is 2. The van der Waals surface area contributed by atoms with Gasteiger partial charge in [-0.2, -0.15) is 0 Å². The van der Waals surface area contributed by atoms with Crippen molar-refractivity contribution < 1.29 is 19.1 Å². The number of imidazole rings is 1. The van der Waals surface area contributed by atoms with Gasteiger partial charge in [0.2, 0.25) is 5.13 Å². The number of carbonyl (C=O) groups is 2. The lowest BCUT2D eigenvalue weighted by Crippen LogP contribution is -2.29. The number of fused-ring (bicyclic) bond motifs is 1. The molecule has 1 unspecified atom stereocenters. The van der Waals surface area contributed by atoms with Crippen molar-refractivity contribution in [1.29, 1.82) is 0 Å². The molecule has 1 fully saturated rings. The minimum absolute atomic E-state index is 0.0995. The second kappa shape index (κ2) is 10.0. The number of hydrogen-bond donors (Lipinski definition) is 1. The maximum atomic E-state index is 14.1. The second-order valence-corrected chi connectivity index (χ2v) is 10.8. The lowest BCUT2D eigenvalue weighted by molar-refractivity contribution is -0.132. The third kappa shape index (κ3) is 4.37. The number of anilines is 1. The second-order valence-electron chi connectivity index (χ2n) is 8.66. The van der Waals surface area contributed by atoms with Crippen molar-refractivity contribution in [2.24, 2.45) is 0 Å². The number of rotatable bonds is 6. The molecular weight excluding hydrogens is 539 g/mol. The average molecular weight is 559 g/mol. The number of aromatic nitrogens is 5. The molecule has 1 aliphatic rings. The summed E-state index contributed by atoms with van der Waals surface area (Å²) >= 11 is 2.38. The highest BCUT2D eigenvalue weighted by atomic mass is 32.2. The lowest BCUT2D eigenvalue weighted by Gasteiger charge is -2.22. The van der Waals surface area contributed by atoms with Crippen molar-refractivity contribution in [3.8, 4) is 0 Å². The van der Waals surface area contributed by atoms with Crippen molar-refractivity contribution in [1.82, 2.24) is 24.6 Å². The van der Waals surface area contributed by atoms with E-state index in [1.165, 1.54) is 28.9 Å². The molecule has 6 rings (SSSR count). The maximum Gasteiger partial charge on any atom is 0.301 e. The minimum atomic E-state index is -0.996. The molecule has 0 spiro atoms. The van der Waals surface area contributed by atoms with E-state index < -0.39 is 17.7 Å².